The van der Waals surface area contributed by atoms with Crippen LogP contribution in [-0.4, -0.2) is 16.8 Å². The Kier molecular flexibility index (Phi) is 4.14. The molecule has 96 valence electrons. The van der Waals surface area contributed by atoms with Crippen LogP contribution in [0, 0.1) is 5.82 Å². The van der Waals surface area contributed by atoms with E-state index >= 15 is 0 Å². The summed E-state index contributed by atoms with van der Waals surface area (Å²) in [5.41, 5.74) is 1.89. The van der Waals surface area contributed by atoms with E-state index in [9.17, 15) is 4.39 Å². The molecule has 1 aromatic heterocycles. The van der Waals surface area contributed by atoms with Gasteiger partial charge in [0.1, 0.15) is 5.82 Å². The fourth-order valence-corrected chi connectivity index (χ4v) is 2.30. The van der Waals surface area contributed by atoms with Gasteiger partial charge in [0.05, 0.1) is 11.7 Å². The molecular formula is C13H15BrFN3. The molecule has 0 saturated carbocycles. The van der Waals surface area contributed by atoms with E-state index in [4.69, 9.17) is 0 Å². The number of benzene rings is 1. The number of hydrogen-bond acceptors (Lipinski definition) is 2. The first-order chi connectivity index (χ1) is 8.60. The van der Waals surface area contributed by atoms with Crippen molar-refractivity contribution in [2.45, 2.75) is 12.5 Å². The van der Waals surface area contributed by atoms with E-state index in [0.717, 1.165) is 15.7 Å². The van der Waals surface area contributed by atoms with Gasteiger partial charge < -0.3 is 5.32 Å². The molecule has 0 spiro atoms. The van der Waals surface area contributed by atoms with Crippen LogP contribution in [0.4, 0.5) is 4.39 Å². The second-order valence-corrected chi connectivity index (χ2v) is 5.05. The van der Waals surface area contributed by atoms with Gasteiger partial charge in [0.15, 0.2) is 0 Å². The van der Waals surface area contributed by atoms with Crippen LogP contribution in [0.5, 0.6) is 0 Å². The van der Waals surface area contributed by atoms with E-state index in [0.29, 0.717) is 6.42 Å². The molecule has 0 fully saturated rings. The van der Waals surface area contributed by atoms with E-state index in [1.54, 1.807) is 16.8 Å². The van der Waals surface area contributed by atoms with Gasteiger partial charge in [0, 0.05) is 17.7 Å². The summed E-state index contributed by atoms with van der Waals surface area (Å²) in [6.07, 6.45) is 2.59. The summed E-state index contributed by atoms with van der Waals surface area (Å²) in [4.78, 5) is 0. The van der Waals surface area contributed by atoms with Gasteiger partial charge in [-0.15, -0.1) is 0 Å². The van der Waals surface area contributed by atoms with Crippen LogP contribution in [0.25, 0.3) is 0 Å². The molecule has 1 N–H and O–H groups in total. The van der Waals surface area contributed by atoms with E-state index in [1.165, 1.54) is 6.07 Å². The van der Waals surface area contributed by atoms with Crippen LogP contribution in [0.1, 0.15) is 17.3 Å². The highest BCUT2D eigenvalue weighted by atomic mass is 79.9. The van der Waals surface area contributed by atoms with Crippen molar-refractivity contribution < 1.29 is 4.39 Å². The van der Waals surface area contributed by atoms with E-state index in [1.807, 2.05) is 26.4 Å². The van der Waals surface area contributed by atoms with Crippen LogP contribution in [-0.2, 0) is 13.5 Å². The maximum absolute atomic E-state index is 13.2. The summed E-state index contributed by atoms with van der Waals surface area (Å²) >= 11 is 3.45. The third-order valence-electron chi connectivity index (χ3n) is 2.87. The number of hydrogen-bond donors (Lipinski definition) is 1. The van der Waals surface area contributed by atoms with Crippen molar-refractivity contribution in [3.05, 3.63) is 52.0 Å². The first-order valence-electron chi connectivity index (χ1n) is 5.71. The third kappa shape index (κ3) is 2.97. The number of halogens is 2. The monoisotopic (exact) mass is 311 g/mol. The standard InChI is InChI=1S/C13H15BrFN3/c1-16-13(12-5-6-18(2)17-12)8-9-7-10(15)3-4-11(9)14/h3-7,13,16H,8H2,1-2H3. The quantitative estimate of drug-likeness (QED) is 0.941. The summed E-state index contributed by atoms with van der Waals surface area (Å²) in [6.45, 7) is 0. The molecule has 1 unspecified atom stereocenters. The van der Waals surface area contributed by atoms with E-state index in [2.05, 4.69) is 26.3 Å². The smallest absolute Gasteiger partial charge is 0.123 e. The summed E-state index contributed by atoms with van der Waals surface area (Å²) in [6, 6.07) is 6.77. The Morgan fingerprint density at radius 2 is 2.22 bits per heavy atom. The van der Waals surface area contributed by atoms with Gasteiger partial charge in [-0.1, -0.05) is 15.9 Å². The van der Waals surface area contributed by atoms with Crippen molar-refractivity contribution in [2.24, 2.45) is 7.05 Å². The predicted octanol–water partition coefficient (Wildman–Crippen LogP) is 2.82. The van der Waals surface area contributed by atoms with Crippen molar-refractivity contribution >= 4 is 15.9 Å². The molecule has 1 aromatic carbocycles. The Morgan fingerprint density at radius 1 is 1.44 bits per heavy atom. The Balaban J connectivity index is 2.22. The second kappa shape index (κ2) is 5.63. The number of rotatable bonds is 4. The lowest BCUT2D eigenvalue weighted by Gasteiger charge is -2.15. The lowest BCUT2D eigenvalue weighted by Crippen LogP contribution is -2.20. The number of likely N-dealkylation sites (N-methyl/N-ethyl adjacent to an activating group) is 1. The van der Waals surface area contributed by atoms with Crippen molar-refractivity contribution in [1.29, 1.82) is 0 Å². The second-order valence-electron chi connectivity index (χ2n) is 4.20. The van der Waals surface area contributed by atoms with Crippen LogP contribution in [0.15, 0.2) is 34.9 Å². The third-order valence-corrected chi connectivity index (χ3v) is 3.65. The lowest BCUT2D eigenvalue weighted by molar-refractivity contribution is 0.558. The zero-order valence-corrected chi connectivity index (χ0v) is 11.9. The molecule has 1 atom stereocenters. The van der Waals surface area contributed by atoms with Crippen molar-refractivity contribution in [2.75, 3.05) is 7.05 Å². The molecule has 0 saturated heterocycles. The van der Waals surface area contributed by atoms with Crippen LogP contribution >= 0.6 is 15.9 Å². The van der Waals surface area contributed by atoms with Gasteiger partial charge in [-0.3, -0.25) is 4.68 Å². The van der Waals surface area contributed by atoms with Crippen LogP contribution < -0.4 is 5.32 Å². The fraction of sp³-hybridized carbons (Fsp3) is 0.308. The molecule has 2 rings (SSSR count). The Bertz CT molecular complexity index is 539. The molecular weight excluding hydrogens is 297 g/mol. The molecule has 0 aliphatic heterocycles. The topological polar surface area (TPSA) is 29.9 Å². The zero-order valence-electron chi connectivity index (χ0n) is 10.3. The number of nitrogens with one attached hydrogen (secondary N) is 1. The summed E-state index contributed by atoms with van der Waals surface area (Å²) in [5, 5.41) is 7.58. The maximum atomic E-state index is 13.2. The first-order valence-corrected chi connectivity index (χ1v) is 6.50. The summed E-state index contributed by atoms with van der Waals surface area (Å²) in [7, 11) is 3.76. The molecule has 0 aliphatic carbocycles. The number of aryl methyl sites for hydroxylation is 1. The Labute approximate surface area is 114 Å². The van der Waals surface area contributed by atoms with Crippen molar-refractivity contribution in [3.8, 4) is 0 Å². The zero-order chi connectivity index (χ0) is 13.1. The molecule has 0 amide bonds. The molecule has 3 nitrogen and oxygen atoms in total. The minimum Gasteiger partial charge on any atom is -0.311 e. The predicted molar refractivity (Wildman–Crippen MR) is 72.8 cm³/mol. The largest absolute Gasteiger partial charge is 0.311 e. The van der Waals surface area contributed by atoms with Crippen molar-refractivity contribution in [3.63, 3.8) is 0 Å². The average molecular weight is 312 g/mol. The highest BCUT2D eigenvalue weighted by molar-refractivity contribution is 9.10. The average Bonchev–Trinajstić information content (AvgIpc) is 2.77. The molecule has 18 heavy (non-hydrogen) atoms. The normalized spacial score (nSPS) is 12.7. The van der Waals surface area contributed by atoms with E-state index in [-0.39, 0.29) is 11.9 Å². The fourth-order valence-electron chi connectivity index (χ4n) is 1.89. The minimum absolute atomic E-state index is 0.0734. The highest BCUT2D eigenvalue weighted by Crippen LogP contribution is 2.23. The summed E-state index contributed by atoms with van der Waals surface area (Å²) < 4.78 is 15.9. The van der Waals surface area contributed by atoms with Crippen molar-refractivity contribution in [1.82, 2.24) is 15.1 Å². The molecule has 1 heterocycles. The molecule has 0 radical (unpaired) electrons. The highest BCUT2D eigenvalue weighted by Gasteiger charge is 2.14. The minimum atomic E-state index is -0.218. The van der Waals surface area contributed by atoms with Crippen LogP contribution in [0.3, 0.4) is 0 Å². The maximum Gasteiger partial charge on any atom is 0.123 e. The first kappa shape index (κ1) is 13.2. The van der Waals surface area contributed by atoms with Gasteiger partial charge in [-0.25, -0.2) is 4.39 Å². The molecule has 5 heteroatoms. The van der Waals surface area contributed by atoms with Gasteiger partial charge in [0.2, 0.25) is 0 Å². The van der Waals surface area contributed by atoms with Crippen LogP contribution in [0.2, 0.25) is 0 Å². The van der Waals surface area contributed by atoms with Gasteiger partial charge in [0.25, 0.3) is 0 Å². The van der Waals surface area contributed by atoms with Gasteiger partial charge >= 0.3 is 0 Å². The molecule has 2 aromatic rings. The Morgan fingerprint density at radius 3 is 2.83 bits per heavy atom. The SMILES string of the molecule is CNC(Cc1cc(F)ccc1Br)c1ccn(C)n1. The van der Waals surface area contributed by atoms with Gasteiger partial charge in [-0.2, -0.15) is 5.10 Å². The molecule has 0 bridgehead atoms. The van der Waals surface area contributed by atoms with Gasteiger partial charge in [-0.05, 0) is 43.3 Å². The van der Waals surface area contributed by atoms with E-state index < -0.39 is 0 Å². The summed E-state index contributed by atoms with van der Waals surface area (Å²) in [5.74, 6) is -0.218. The number of nitrogens with zero attached hydrogens (tertiary/aromatic N) is 2. The Hall–Kier alpha value is -1.20. The number of aromatic nitrogens is 2. The molecule has 0 aliphatic rings. The lowest BCUT2D eigenvalue weighted by atomic mass is 10.0.